The number of likely N-dealkylation sites (tertiary alicyclic amines) is 1. The summed E-state index contributed by atoms with van der Waals surface area (Å²) in [6.07, 6.45) is 3.29. The molecule has 0 saturated carbocycles. The van der Waals surface area contributed by atoms with Gasteiger partial charge in [-0.2, -0.15) is 0 Å². The van der Waals surface area contributed by atoms with E-state index in [9.17, 15) is 9.59 Å². The summed E-state index contributed by atoms with van der Waals surface area (Å²) in [6.45, 7) is 3.35. The molecule has 20 heavy (non-hydrogen) atoms. The third kappa shape index (κ3) is 3.82. The van der Waals surface area contributed by atoms with Crippen LogP contribution in [0.2, 0.25) is 0 Å². The van der Waals surface area contributed by atoms with Crippen molar-refractivity contribution >= 4 is 27.7 Å². The zero-order chi connectivity index (χ0) is 14.5. The molecule has 0 spiro atoms. The standard InChI is InChI=1S/C15H19BrN2O2/c1-11(15(20)18-9-3-2-4-10-18)17-14(19)12-5-7-13(16)8-6-12/h5-8,11H,2-4,9-10H2,1H3,(H,17,19)/t11-/m0/s1. The van der Waals surface area contributed by atoms with Crippen molar-refractivity contribution in [3.8, 4) is 0 Å². The number of carbonyl (C=O) groups excluding carboxylic acids is 2. The largest absolute Gasteiger partial charge is 0.341 e. The Morgan fingerprint density at radius 1 is 1.15 bits per heavy atom. The molecule has 108 valence electrons. The summed E-state index contributed by atoms with van der Waals surface area (Å²) in [6, 6.07) is 6.61. The van der Waals surface area contributed by atoms with Gasteiger partial charge in [0.2, 0.25) is 5.91 Å². The van der Waals surface area contributed by atoms with Gasteiger partial charge >= 0.3 is 0 Å². The maximum Gasteiger partial charge on any atom is 0.251 e. The zero-order valence-corrected chi connectivity index (χ0v) is 13.1. The molecule has 2 rings (SSSR count). The first kappa shape index (κ1) is 15.0. The van der Waals surface area contributed by atoms with E-state index in [0.717, 1.165) is 30.4 Å². The van der Waals surface area contributed by atoms with Crippen LogP contribution in [0.5, 0.6) is 0 Å². The predicted octanol–water partition coefficient (Wildman–Crippen LogP) is 2.58. The van der Waals surface area contributed by atoms with Crippen LogP contribution in [0.1, 0.15) is 36.5 Å². The van der Waals surface area contributed by atoms with Crippen LogP contribution in [-0.4, -0.2) is 35.8 Å². The minimum absolute atomic E-state index is 0.00941. The molecule has 0 bridgehead atoms. The molecule has 1 saturated heterocycles. The SMILES string of the molecule is C[C@H](NC(=O)c1ccc(Br)cc1)C(=O)N1CCCCC1. The average molecular weight is 339 g/mol. The lowest BCUT2D eigenvalue weighted by atomic mass is 10.1. The molecule has 0 aliphatic carbocycles. The van der Waals surface area contributed by atoms with Gasteiger partial charge < -0.3 is 10.2 Å². The Hall–Kier alpha value is -1.36. The molecule has 0 unspecified atom stereocenters. The molecule has 5 heteroatoms. The Balaban J connectivity index is 1.92. The molecule has 1 aromatic rings. The Bertz CT molecular complexity index is 481. The summed E-state index contributed by atoms with van der Waals surface area (Å²) in [5.41, 5.74) is 0.562. The molecule has 1 N–H and O–H groups in total. The molecule has 0 aromatic heterocycles. The fourth-order valence-corrected chi connectivity index (χ4v) is 2.60. The highest BCUT2D eigenvalue weighted by Crippen LogP contribution is 2.12. The number of amides is 2. The lowest BCUT2D eigenvalue weighted by Gasteiger charge is -2.29. The van der Waals surface area contributed by atoms with Crippen LogP contribution in [0, 0.1) is 0 Å². The van der Waals surface area contributed by atoms with E-state index in [0.29, 0.717) is 5.56 Å². The third-order valence-corrected chi connectivity index (χ3v) is 4.02. The Morgan fingerprint density at radius 2 is 1.75 bits per heavy atom. The number of halogens is 1. The van der Waals surface area contributed by atoms with E-state index in [2.05, 4.69) is 21.2 Å². The second-order valence-electron chi connectivity index (χ2n) is 5.09. The maximum atomic E-state index is 12.2. The van der Waals surface area contributed by atoms with E-state index in [-0.39, 0.29) is 11.8 Å². The van der Waals surface area contributed by atoms with Crippen molar-refractivity contribution in [2.75, 3.05) is 13.1 Å². The van der Waals surface area contributed by atoms with Crippen molar-refractivity contribution in [2.24, 2.45) is 0 Å². The van der Waals surface area contributed by atoms with E-state index < -0.39 is 6.04 Å². The molecular formula is C15H19BrN2O2. The molecule has 2 amide bonds. The zero-order valence-electron chi connectivity index (χ0n) is 11.6. The van der Waals surface area contributed by atoms with Gasteiger partial charge in [-0.1, -0.05) is 15.9 Å². The topological polar surface area (TPSA) is 49.4 Å². The van der Waals surface area contributed by atoms with E-state index in [4.69, 9.17) is 0 Å². The van der Waals surface area contributed by atoms with Crippen molar-refractivity contribution in [3.63, 3.8) is 0 Å². The Labute approximate surface area is 127 Å². The van der Waals surface area contributed by atoms with Crippen molar-refractivity contribution in [1.82, 2.24) is 10.2 Å². The summed E-state index contributed by atoms with van der Waals surface area (Å²) >= 11 is 3.33. The van der Waals surface area contributed by atoms with Crippen LogP contribution >= 0.6 is 15.9 Å². The number of carbonyl (C=O) groups is 2. The van der Waals surface area contributed by atoms with Crippen molar-refractivity contribution in [2.45, 2.75) is 32.2 Å². The summed E-state index contributed by atoms with van der Waals surface area (Å²) < 4.78 is 0.923. The smallest absolute Gasteiger partial charge is 0.251 e. The highest BCUT2D eigenvalue weighted by Gasteiger charge is 2.23. The molecular weight excluding hydrogens is 320 g/mol. The molecule has 1 aliphatic rings. The molecule has 4 nitrogen and oxygen atoms in total. The highest BCUT2D eigenvalue weighted by atomic mass is 79.9. The monoisotopic (exact) mass is 338 g/mol. The van der Waals surface area contributed by atoms with Gasteiger partial charge in [-0.05, 0) is 50.5 Å². The fraction of sp³-hybridized carbons (Fsp3) is 0.467. The van der Waals surface area contributed by atoms with E-state index in [1.807, 2.05) is 17.0 Å². The minimum Gasteiger partial charge on any atom is -0.341 e. The van der Waals surface area contributed by atoms with Gasteiger partial charge in [0, 0.05) is 23.1 Å². The first-order valence-corrected chi connectivity index (χ1v) is 7.72. The van der Waals surface area contributed by atoms with Crippen molar-refractivity contribution in [3.05, 3.63) is 34.3 Å². The van der Waals surface area contributed by atoms with Crippen molar-refractivity contribution in [1.29, 1.82) is 0 Å². The average Bonchev–Trinajstić information content (AvgIpc) is 2.48. The van der Waals surface area contributed by atoms with Crippen LogP contribution in [0.4, 0.5) is 0 Å². The number of rotatable bonds is 3. The number of benzene rings is 1. The fourth-order valence-electron chi connectivity index (χ4n) is 2.33. The molecule has 0 radical (unpaired) electrons. The lowest BCUT2D eigenvalue weighted by molar-refractivity contribution is -0.133. The summed E-state index contributed by atoms with van der Waals surface area (Å²) in [5.74, 6) is -0.203. The van der Waals surface area contributed by atoms with Crippen LogP contribution in [0.25, 0.3) is 0 Å². The molecule has 1 fully saturated rings. The second kappa shape index (κ2) is 6.88. The Kier molecular flexibility index (Phi) is 5.17. The molecule has 1 heterocycles. The van der Waals surface area contributed by atoms with Crippen LogP contribution < -0.4 is 5.32 Å². The first-order chi connectivity index (χ1) is 9.58. The van der Waals surface area contributed by atoms with Crippen LogP contribution in [-0.2, 0) is 4.79 Å². The normalized spacial score (nSPS) is 16.6. The van der Waals surface area contributed by atoms with Crippen LogP contribution in [0.3, 0.4) is 0 Å². The number of hydrogen-bond acceptors (Lipinski definition) is 2. The molecule has 1 atom stereocenters. The number of nitrogens with one attached hydrogen (secondary N) is 1. The van der Waals surface area contributed by atoms with Gasteiger partial charge in [-0.3, -0.25) is 9.59 Å². The van der Waals surface area contributed by atoms with Gasteiger partial charge in [0.05, 0.1) is 0 Å². The summed E-state index contributed by atoms with van der Waals surface area (Å²) in [4.78, 5) is 26.1. The Morgan fingerprint density at radius 3 is 2.35 bits per heavy atom. The van der Waals surface area contributed by atoms with Gasteiger partial charge in [0.25, 0.3) is 5.91 Å². The first-order valence-electron chi connectivity index (χ1n) is 6.93. The van der Waals surface area contributed by atoms with Gasteiger partial charge in [0.15, 0.2) is 0 Å². The van der Waals surface area contributed by atoms with E-state index >= 15 is 0 Å². The second-order valence-corrected chi connectivity index (χ2v) is 6.00. The van der Waals surface area contributed by atoms with Gasteiger partial charge in [0.1, 0.15) is 6.04 Å². The highest BCUT2D eigenvalue weighted by molar-refractivity contribution is 9.10. The summed E-state index contributed by atoms with van der Waals surface area (Å²) in [5, 5.41) is 2.77. The van der Waals surface area contributed by atoms with Crippen LogP contribution in [0.15, 0.2) is 28.7 Å². The molecule has 1 aromatic carbocycles. The van der Waals surface area contributed by atoms with E-state index in [1.165, 1.54) is 6.42 Å². The number of hydrogen-bond donors (Lipinski definition) is 1. The van der Waals surface area contributed by atoms with Gasteiger partial charge in [-0.15, -0.1) is 0 Å². The lowest BCUT2D eigenvalue weighted by Crippen LogP contribution is -2.48. The molecule has 1 aliphatic heterocycles. The van der Waals surface area contributed by atoms with Crippen molar-refractivity contribution < 1.29 is 9.59 Å². The third-order valence-electron chi connectivity index (χ3n) is 3.49. The van der Waals surface area contributed by atoms with Gasteiger partial charge in [-0.25, -0.2) is 0 Å². The maximum absolute atomic E-state index is 12.2. The quantitative estimate of drug-likeness (QED) is 0.920. The number of nitrogens with zero attached hydrogens (tertiary/aromatic N) is 1. The number of piperidine rings is 1. The van der Waals surface area contributed by atoms with E-state index in [1.54, 1.807) is 19.1 Å². The summed E-state index contributed by atoms with van der Waals surface area (Å²) in [7, 11) is 0. The predicted molar refractivity (Wildman–Crippen MR) is 81.5 cm³/mol. The minimum atomic E-state index is -0.482.